The standard InChI is InChI=1S/C20H21N7O/c1-12-7-15(4)27-19(24-12)17(11-23-27)20(28)22-10-16-5-6-18(21-9-16)26-14(3)8-13(2)25-26/h5-9,11H,10H2,1-4H3,(H,22,28). The van der Waals surface area contributed by atoms with Gasteiger partial charge in [-0.2, -0.15) is 10.2 Å². The topological polar surface area (TPSA) is 90.0 Å². The molecule has 0 saturated carbocycles. The van der Waals surface area contributed by atoms with Gasteiger partial charge in [0.2, 0.25) is 0 Å². The van der Waals surface area contributed by atoms with Crippen LogP contribution >= 0.6 is 0 Å². The monoisotopic (exact) mass is 375 g/mol. The molecule has 0 bridgehead atoms. The van der Waals surface area contributed by atoms with E-state index < -0.39 is 0 Å². The first kappa shape index (κ1) is 17.8. The van der Waals surface area contributed by atoms with Gasteiger partial charge in [-0.15, -0.1) is 0 Å². The summed E-state index contributed by atoms with van der Waals surface area (Å²) < 4.78 is 3.47. The molecule has 1 amide bonds. The molecule has 28 heavy (non-hydrogen) atoms. The van der Waals surface area contributed by atoms with Gasteiger partial charge in [-0.3, -0.25) is 4.79 Å². The fourth-order valence-electron chi connectivity index (χ4n) is 3.22. The molecule has 0 spiro atoms. The number of amides is 1. The van der Waals surface area contributed by atoms with Crippen molar-refractivity contribution < 1.29 is 4.79 Å². The summed E-state index contributed by atoms with van der Waals surface area (Å²) in [6, 6.07) is 7.76. The van der Waals surface area contributed by atoms with Gasteiger partial charge in [-0.05, 0) is 51.5 Å². The molecular formula is C20H21N7O. The SMILES string of the molecule is Cc1cc(C)n2ncc(C(=O)NCc3ccc(-n4nc(C)cc4C)nc3)c2n1. The number of aromatic nitrogens is 6. The van der Waals surface area contributed by atoms with Crippen molar-refractivity contribution in [3.8, 4) is 5.82 Å². The molecule has 4 rings (SSSR count). The number of fused-ring (bicyclic) bond motifs is 1. The number of nitrogens with zero attached hydrogens (tertiary/aromatic N) is 6. The number of aryl methyl sites for hydroxylation is 4. The van der Waals surface area contributed by atoms with E-state index in [1.807, 2.05) is 52.0 Å². The van der Waals surface area contributed by atoms with Crippen molar-refractivity contribution in [2.24, 2.45) is 0 Å². The summed E-state index contributed by atoms with van der Waals surface area (Å²) in [5, 5.41) is 11.6. The molecule has 0 aromatic carbocycles. The van der Waals surface area contributed by atoms with Crippen molar-refractivity contribution in [3.05, 3.63) is 70.6 Å². The zero-order valence-corrected chi connectivity index (χ0v) is 16.3. The van der Waals surface area contributed by atoms with Crippen LogP contribution in [0.25, 0.3) is 11.5 Å². The summed E-state index contributed by atoms with van der Waals surface area (Å²) in [6.45, 7) is 8.14. The lowest BCUT2D eigenvalue weighted by molar-refractivity contribution is 0.0952. The maximum absolute atomic E-state index is 12.6. The zero-order chi connectivity index (χ0) is 19.8. The van der Waals surface area contributed by atoms with E-state index in [4.69, 9.17) is 0 Å². The number of pyridine rings is 1. The Morgan fingerprint density at radius 2 is 1.82 bits per heavy atom. The lowest BCUT2D eigenvalue weighted by atomic mass is 10.2. The molecule has 0 unspecified atom stereocenters. The minimum atomic E-state index is -0.213. The molecule has 4 aromatic heterocycles. The predicted molar refractivity (Wildman–Crippen MR) is 104 cm³/mol. The summed E-state index contributed by atoms with van der Waals surface area (Å²) in [6.07, 6.45) is 3.29. The first-order valence-corrected chi connectivity index (χ1v) is 9.01. The summed E-state index contributed by atoms with van der Waals surface area (Å²) in [4.78, 5) is 21.5. The lowest BCUT2D eigenvalue weighted by Gasteiger charge is -2.07. The zero-order valence-electron chi connectivity index (χ0n) is 16.3. The van der Waals surface area contributed by atoms with Crippen LogP contribution in [0.1, 0.15) is 38.7 Å². The van der Waals surface area contributed by atoms with E-state index in [1.165, 1.54) is 0 Å². The summed E-state index contributed by atoms with van der Waals surface area (Å²) in [7, 11) is 0. The Hall–Kier alpha value is -3.55. The Bertz CT molecular complexity index is 1170. The molecule has 0 fully saturated rings. The van der Waals surface area contributed by atoms with Crippen LogP contribution in [0, 0.1) is 27.7 Å². The Balaban J connectivity index is 1.49. The smallest absolute Gasteiger partial charge is 0.257 e. The largest absolute Gasteiger partial charge is 0.348 e. The number of carbonyl (C=O) groups is 1. The first-order chi connectivity index (χ1) is 13.4. The van der Waals surface area contributed by atoms with Gasteiger partial charge in [0.05, 0.1) is 11.9 Å². The highest BCUT2D eigenvalue weighted by Gasteiger charge is 2.15. The maximum Gasteiger partial charge on any atom is 0.257 e. The van der Waals surface area contributed by atoms with Crippen molar-refractivity contribution in [2.75, 3.05) is 0 Å². The van der Waals surface area contributed by atoms with E-state index in [9.17, 15) is 4.79 Å². The van der Waals surface area contributed by atoms with E-state index in [-0.39, 0.29) is 5.91 Å². The van der Waals surface area contributed by atoms with Crippen LogP contribution in [0.4, 0.5) is 0 Å². The van der Waals surface area contributed by atoms with Crippen LogP contribution in [-0.4, -0.2) is 35.3 Å². The number of rotatable bonds is 4. The molecule has 0 aliphatic heterocycles. The summed E-state index contributed by atoms with van der Waals surface area (Å²) >= 11 is 0. The molecule has 4 aromatic rings. The first-order valence-electron chi connectivity index (χ1n) is 9.01. The molecule has 1 N–H and O–H groups in total. The lowest BCUT2D eigenvalue weighted by Crippen LogP contribution is -2.23. The van der Waals surface area contributed by atoms with E-state index in [0.29, 0.717) is 17.8 Å². The molecule has 8 nitrogen and oxygen atoms in total. The minimum absolute atomic E-state index is 0.213. The van der Waals surface area contributed by atoms with Gasteiger partial charge in [0, 0.05) is 29.8 Å². The van der Waals surface area contributed by atoms with E-state index in [0.717, 1.165) is 34.2 Å². The molecule has 4 heterocycles. The van der Waals surface area contributed by atoms with Crippen LogP contribution in [0.15, 0.2) is 36.7 Å². The Morgan fingerprint density at radius 3 is 2.50 bits per heavy atom. The second-order valence-corrected chi connectivity index (χ2v) is 6.88. The third-order valence-corrected chi connectivity index (χ3v) is 4.51. The van der Waals surface area contributed by atoms with Crippen LogP contribution in [0.2, 0.25) is 0 Å². The molecule has 0 aliphatic carbocycles. The molecular weight excluding hydrogens is 354 g/mol. The van der Waals surface area contributed by atoms with Crippen molar-refractivity contribution in [2.45, 2.75) is 34.2 Å². The maximum atomic E-state index is 12.6. The van der Waals surface area contributed by atoms with Gasteiger partial charge in [-0.1, -0.05) is 6.07 Å². The fourth-order valence-corrected chi connectivity index (χ4v) is 3.22. The van der Waals surface area contributed by atoms with Gasteiger partial charge in [0.15, 0.2) is 11.5 Å². The highest BCUT2D eigenvalue weighted by atomic mass is 16.1. The van der Waals surface area contributed by atoms with Crippen LogP contribution < -0.4 is 5.32 Å². The third kappa shape index (κ3) is 3.24. The van der Waals surface area contributed by atoms with Crippen molar-refractivity contribution in [3.63, 3.8) is 0 Å². The number of hydrogen-bond donors (Lipinski definition) is 1. The van der Waals surface area contributed by atoms with E-state index in [1.54, 1.807) is 21.6 Å². The molecule has 0 radical (unpaired) electrons. The minimum Gasteiger partial charge on any atom is -0.348 e. The van der Waals surface area contributed by atoms with Crippen molar-refractivity contribution in [1.29, 1.82) is 0 Å². The average molecular weight is 375 g/mol. The molecule has 0 saturated heterocycles. The molecule has 142 valence electrons. The van der Waals surface area contributed by atoms with E-state index >= 15 is 0 Å². The third-order valence-electron chi connectivity index (χ3n) is 4.51. The molecule has 0 atom stereocenters. The van der Waals surface area contributed by atoms with Gasteiger partial charge < -0.3 is 5.32 Å². The second-order valence-electron chi connectivity index (χ2n) is 6.88. The fraction of sp³-hybridized carbons (Fsp3) is 0.250. The number of nitrogens with one attached hydrogen (secondary N) is 1. The highest BCUT2D eigenvalue weighted by molar-refractivity contribution is 5.99. The predicted octanol–water partition coefficient (Wildman–Crippen LogP) is 2.47. The molecule has 0 aliphatic rings. The summed E-state index contributed by atoms with van der Waals surface area (Å²) in [5.41, 5.74) is 5.68. The second kappa shape index (κ2) is 6.88. The van der Waals surface area contributed by atoms with Crippen LogP contribution in [0.5, 0.6) is 0 Å². The number of hydrogen-bond acceptors (Lipinski definition) is 5. The molecule has 8 heteroatoms. The van der Waals surface area contributed by atoms with E-state index in [2.05, 4.69) is 25.5 Å². The highest BCUT2D eigenvalue weighted by Crippen LogP contribution is 2.13. The quantitative estimate of drug-likeness (QED) is 0.592. The Kier molecular flexibility index (Phi) is 4.38. The van der Waals surface area contributed by atoms with Gasteiger partial charge >= 0.3 is 0 Å². The Morgan fingerprint density at radius 1 is 1.04 bits per heavy atom. The van der Waals surface area contributed by atoms with Gasteiger partial charge in [0.25, 0.3) is 5.91 Å². The van der Waals surface area contributed by atoms with Crippen molar-refractivity contribution in [1.82, 2.24) is 34.7 Å². The van der Waals surface area contributed by atoms with Crippen molar-refractivity contribution >= 4 is 11.6 Å². The van der Waals surface area contributed by atoms with Crippen LogP contribution in [-0.2, 0) is 6.54 Å². The summed E-state index contributed by atoms with van der Waals surface area (Å²) in [5.74, 6) is 0.536. The Labute approximate surface area is 162 Å². The normalized spacial score (nSPS) is 11.1. The average Bonchev–Trinajstić information content (AvgIpc) is 3.23. The van der Waals surface area contributed by atoms with Crippen LogP contribution in [0.3, 0.4) is 0 Å². The number of carbonyl (C=O) groups excluding carboxylic acids is 1. The van der Waals surface area contributed by atoms with Gasteiger partial charge in [-0.25, -0.2) is 19.2 Å². The van der Waals surface area contributed by atoms with Gasteiger partial charge in [0.1, 0.15) is 5.56 Å².